The van der Waals surface area contributed by atoms with Gasteiger partial charge in [0.1, 0.15) is 0 Å². The Morgan fingerprint density at radius 3 is 2.13 bits per heavy atom. The number of hydrogen-bond donors (Lipinski definition) is 2. The van der Waals surface area contributed by atoms with Gasteiger partial charge in [-0.3, -0.25) is 9.16 Å². The molecule has 3 heteroatoms. The molecule has 31 heavy (non-hydrogen) atoms. The van der Waals surface area contributed by atoms with E-state index < -0.39 is 9.16 Å². The van der Waals surface area contributed by atoms with Gasteiger partial charge in [0.25, 0.3) is 0 Å². The van der Waals surface area contributed by atoms with E-state index in [0.717, 1.165) is 13.2 Å². The summed E-state index contributed by atoms with van der Waals surface area (Å²) in [7, 11) is -2.09. The van der Waals surface area contributed by atoms with Crippen molar-refractivity contribution < 1.29 is 4.74 Å². The molecule has 180 valence electrons. The summed E-state index contributed by atoms with van der Waals surface area (Å²) >= 11 is 0. The van der Waals surface area contributed by atoms with Gasteiger partial charge in [-0.15, -0.1) is 0 Å². The summed E-state index contributed by atoms with van der Waals surface area (Å²) in [5.74, 6) is 1.33. The van der Waals surface area contributed by atoms with Crippen LogP contribution in [0.5, 0.6) is 0 Å². The number of thiol groups is 1. The van der Waals surface area contributed by atoms with Gasteiger partial charge in [-0.25, -0.2) is 0 Å². The standard InChI is InChI=1S/C28H51NOS/c1-23-21-24-17-13-14-18-25(24)28(23,22-29-26(2,3)4)31(8,9,10)20-16-12-11-15-19-30-27(5,6)7/h13-14,17-18,21,29,31H,11-12,15-16,19-20,22H2,1-10H3. The van der Waals surface area contributed by atoms with Gasteiger partial charge in [-0.1, -0.05) is 48.8 Å². The van der Waals surface area contributed by atoms with E-state index in [2.05, 4.69) is 103 Å². The quantitative estimate of drug-likeness (QED) is 0.296. The summed E-state index contributed by atoms with van der Waals surface area (Å²) in [5.41, 5.74) is 4.61. The third kappa shape index (κ3) is 6.39. The van der Waals surface area contributed by atoms with E-state index in [4.69, 9.17) is 4.74 Å². The van der Waals surface area contributed by atoms with Crippen LogP contribution in [0.3, 0.4) is 0 Å². The predicted octanol–water partition coefficient (Wildman–Crippen LogP) is 7.02. The van der Waals surface area contributed by atoms with Crippen molar-refractivity contribution in [3.63, 3.8) is 0 Å². The SMILES string of the molecule is CC1=Cc2ccccc2C1(CNC(C)(C)C)[SH](C)(C)(C)CCCCCCOC(C)(C)C. The maximum Gasteiger partial charge on any atom is 0.0598 e. The lowest BCUT2D eigenvalue weighted by atomic mass is 9.94. The molecule has 1 aliphatic carbocycles. The Morgan fingerprint density at radius 2 is 1.52 bits per heavy atom. The van der Waals surface area contributed by atoms with Crippen molar-refractivity contribution in [2.45, 2.75) is 90.0 Å². The summed E-state index contributed by atoms with van der Waals surface area (Å²) in [6.45, 7) is 17.6. The lowest BCUT2D eigenvalue weighted by Crippen LogP contribution is -2.52. The highest BCUT2D eigenvalue weighted by Crippen LogP contribution is 2.77. The first-order chi connectivity index (χ1) is 14.1. The molecule has 1 N–H and O–H groups in total. The Labute approximate surface area is 193 Å². The van der Waals surface area contributed by atoms with E-state index in [1.807, 2.05) is 0 Å². The van der Waals surface area contributed by atoms with Crippen LogP contribution in [0.1, 0.15) is 85.3 Å². The van der Waals surface area contributed by atoms with E-state index >= 15 is 0 Å². The van der Waals surface area contributed by atoms with Gasteiger partial charge in [-0.05, 0) is 97.0 Å². The minimum absolute atomic E-state index is 0.0197. The highest BCUT2D eigenvalue weighted by atomic mass is 32.3. The minimum atomic E-state index is -2.09. The number of rotatable bonds is 10. The third-order valence-electron chi connectivity index (χ3n) is 7.09. The number of unbranched alkanes of at least 4 members (excludes halogenated alkanes) is 3. The highest BCUT2D eigenvalue weighted by molar-refractivity contribution is 8.48. The molecule has 0 amide bonds. The lowest BCUT2D eigenvalue weighted by molar-refractivity contribution is -0.00470. The van der Waals surface area contributed by atoms with Crippen molar-refractivity contribution >= 4 is 15.2 Å². The minimum Gasteiger partial charge on any atom is -0.376 e. The Kier molecular flexibility index (Phi) is 7.89. The number of nitrogens with one attached hydrogen (secondary N) is 1. The zero-order chi connectivity index (χ0) is 23.6. The first-order valence-electron chi connectivity index (χ1n) is 12.2. The van der Waals surface area contributed by atoms with Crippen LogP contribution >= 0.6 is 9.16 Å². The zero-order valence-electron chi connectivity index (χ0n) is 22.2. The second kappa shape index (κ2) is 9.23. The third-order valence-corrected chi connectivity index (χ3v) is 12.6. The molecule has 0 saturated heterocycles. The van der Waals surface area contributed by atoms with E-state index in [9.17, 15) is 0 Å². The monoisotopic (exact) mass is 449 g/mol. The normalized spacial score (nSPS) is 20.8. The smallest absolute Gasteiger partial charge is 0.0598 e. The molecule has 1 aromatic rings. The fourth-order valence-corrected chi connectivity index (χ4v) is 10.1. The molecule has 0 aromatic heterocycles. The van der Waals surface area contributed by atoms with Gasteiger partial charge in [0.05, 0.1) is 5.60 Å². The number of benzene rings is 1. The molecule has 0 bridgehead atoms. The first-order valence-corrected chi connectivity index (χ1v) is 16.0. The van der Waals surface area contributed by atoms with Crippen molar-refractivity contribution in [3.8, 4) is 0 Å². The van der Waals surface area contributed by atoms with Gasteiger partial charge in [0.15, 0.2) is 0 Å². The summed E-state index contributed by atoms with van der Waals surface area (Å²) in [6.07, 6.45) is 15.4. The summed E-state index contributed by atoms with van der Waals surface area (Å²) in [6, 6.07) is 9.12. The van der Waals surface area contributed by atoms with Gasteiger partial charge in [0, 0.05) is 23.4 Å². The summed E-state index contributed by atoms with van der Waals surface area (Å²) in [5, 5.41) is 3.91. The Morgan fingerprint density at radius 1 is 0.903 bits per heavy atom. The summed E-state index contributed by atoms with van der Waals surface area (Å²) in [4.78, 5) is 0. The van der Waals surface area contributed by atoms with Crippen LogP contribution in [0, 0.1) is 0 Å². The molecule has 2 rings (SSSR count). The van der Waals surface area contributed by atoms with Crippen LogP contribution in [0.15, 0.2) is 29.8 Å². The average molecular weight is 450 g/mol. The molecule has 0 fully saturated rings. The number of ether oxygens (including phenoxy) is 1. The topological polar surface area (TPSA) is 21.3 Å². The predicted molar refractivity (Wildman–Crippen MR) is 145 cm³/mol. The van der Waals surface area contributed by atoms with E-state index in [1.54, 1.807) is 11.1 Å². The lowest BCUT2D eigenvalue weighted by Gasteiger charge is -2.66. The van der Waals surface area contributed by atoms with Gasteiger partial charge in [-0.2, -0.15) is 0 Å². The fraction of sp³-hybridized carbons (Fsp3) is 0.714. The molecule has 0 spiro atoms. The highest BCUT2D eigenvalue weighted by Gasteiger charge is 2.53. The van der Waals surface area contributed by atoms with Crippen LogP contribution in [0.2, 0.25) is 0 Å². The average Bonchev–Trinajstić information content (AvgIpc) is 2.90. The second-order valence-corrected chi connectivity index (χ2v) is 20.5. The van der Waals surface area contributed by atoms with Gasteiger partial charge in [0.2, 0.25) is 0 Å². The Balaban J connectivity index is 2.18. The number of fused-ring (bicyclic) bond motifs is 1. The Hall–Kier alpha value is -0.770. The molecule has 0 saturated carbocycles. The van der Waals surface area contributed by atoms with Crippen molar-refractivity contribution in [1.82, 2.24) is 5.32 Å². The van der Waals surface area contributed by atoms with Crippen molar-refractivity contribution in [2.24, 2.45) is 0 Å². The van der Waals surface area contributed by atoms with E-state index in [0.29, 0.717) is 0 Å². The number of hydrogen-bond acceptors (Lipinski definition) is 2. The zero-order valence-corrected chi connectivity index (χ0v) is 23.1. The Bertz CT molecular complexity index is 773. The second-order valence-electron chi connectivity index (χ2n) is 13.1. The van der Waals surface area contributed by atoms with E-state index in [-0.39, 0.29) is 15.9 Å². The molecule has 1 aliphatic rings. The van der Waals surface area contributed by atoms with Gasteiger partial charge < -0.3 is 10.1 Å². The van der Waals surface area contributed by atoms with Crippen molar-refractivity contribution in [2.75, 3.05) is 37.7 Å². The maximum atomic E-state index is 5.90. The summed E-state index contributed by atoms with van der Waals surface area (Å²) < 4.78 is 6.02. The first kappa shape index (κ1) is 26.5. The van der Waals surface area contributed by atoms with Crippen LogP contribution < -0.4 is 5.32 Å². The molecule has 0 aliphatic heterocycles. The van der Waals surface area contributed by atoms with E-state index in [1.165, 1.54) is 37.0 Å². The molecule has 1 aromatic carbocycles. The molecule has 2 nitrogen and oxygen atoms in total. The molecule has 1 atom stereocenters. The molecular weight excluding hydrogens is 398 g/mol. The maximum absolute atomic E-state index is 5.90. The molecule has 0 radical (unpaired) electrons. The van der Waals surface area contributed by atoms with Crippen molar-refractivity contribution in [3.05, 3.63) is 41.0 Å². The molecule has 1 unspecified atom stereocenters. The van der Waals surface area contributed by atoms with Crippen LogP contribution in [-0.2, 0) is 9.48 Å². The van der Waals surface area contributed by atoms with Crippen LogP contribution in [-0.4, -0.2) is 48.8 Å². The largest absolute Gasteiger partial charge is 0.376 e. The molecular formula is C28H51NOS. The molecule has 0 heterocycles. The van der Waals surface area contributed by atoms with Crippen molar-refractivity contribution in [1.29, 1.82) is 0 Å². The van der Waals surface area contributed by atoms with Crippen LogP contribution in [0.25, 0.3) is 6.08 Å². The van der Waals surface area contributed by atoms with Gasteiger partial charge >= 0.3 is 0 Å². The van der Waals surface area contributed by atoms with Crippen LogP contribution in [0.4, 0.5) is 0 Å². The fourth-order valence-electron chi connectivity index (χ4n) is 5.28.